The number of esters is 1. The summed E-state index contributed by atoms with van der Waals surface area (Å²) in [5.41, 5.74) is 5.66. The normalized spacial score (nSPS) is 10.5. The lowest BCUT2D eigenvalue weighted by molar-refractivity contribution is -0.119. The summed E-state index contributed by atoms with van der Waals surface area (Å²) in [7, 11) is 0. The fourth-order valence-electron chi connectivity index (χ4n) is 2.26. The lowest BCUT2D eigenvalue weighted by Gasteiger charge is -2.14. The third-order valence-corrected chi connectivity index (χ3v) is 4.40. The van der Waals surface area contributed by atoms with Crippen LogP contribution in [0, 0.1) is 5.92 Å². The van der Waals surface area contributed by atoms with E-state index < -0.39 is 24.4 Å². The molecule has 2 amide bonds. The van der Waals surface area contributed by atoms with E-state index in [0.29, 0.717) is 35.6 Å². The number of rotatable bonds is 10. The molecule has 3 N–H and O–H groups in total. The largest absolute Gasteiger partial charge is 0.490 e. The van der Waals surface area contributed by atoms with Crippen molar-refractivity contribution in [2.24, 2.45) is 11.7 Å². The van der Waals surface area contributed by atoms with Crippen molar-refractivity contribution < 1.29 is 28.6 Å². The molecule has 2 rings (SSSR count). The van der Waals surface area contributed by atoms with Gasteiger partial charge in [0.15, 0.2) is 18.1 Å². The second kappa shape index (κ2) is 10.5. The van der Waals surface area contributed by atoms with E-state index in [4.69, 9.17) is 19.9 Å². The standard InChI is InChI=1S/C20H24N2O6S/c1-4-26-16-9-13(5-6-15(16)27-10-12(2)3)20(25)28-11-17(23)22-19-14(18(21)24)7-8-29-19/h5-9,12H,4,10-11H2,1-3H3,(H2,21,24)(H,22,23). The number of nitrogens with two attached hydrogens (primary N) is 1. The highest BCUT2D eigenvalue weighted by molar-refractivity contribution is 7.14. The number of hydrogen-bond acceptors (Lipinski definition) is 7. The van der Waals surface area contributed by atoms with Crippen molar-refractivity contribution in [3.8, 4) is 11.5 Å². The summed E-state index contributed by atoms with van der Waals surface area (Å²) < 4.78 is 16.3. The topological polar surface area (TPSA) is 117 Å². The highest BCUT2D eigenvalue weighted by Crippen LogP contribution is 2.29. The number of nitrogens with one attached hydrogen (secondary N) is 1. The van der Waals surface area contributed by atoms with E-state index in [1.807, 2.05) is 20.8 Å². The van der Waals surface area contributed by atoms with E-state index in [1.165, 1.54) is 12.1 Å². The molecule has 0 saturated carbocycles. The van der Waals surface area contributed by atoms with Gasteiger partial charge < -0.3 is 25.3 Å². The molecule has 0 aliphatic rings. The first-order chi connectivity index (χ1) is 13.8. The van der Waals surface area contributed by atoms with E-state index in [9.17, 15) is 14.4 Å². The number of carbonyl (C=O) groups excluding carboxylic acids is 3. The van der Waals surface area contributed by atoms with Crippen LogP contribution in [0.15, 0.2) is 29.6 Å². The number of hydrogen-bond donors (Lipinski definition) is 2. The highest BCUT2D eigenvalue weighted by atomic mass is 32.1. The van der Waals surface area contributed by atoms with Crippen LogP contribution in [0.3, 0.4) is 0 Å². The Labute approximate surface area is 172 Å². The minimum Gasteiger partial charge on any atom is -0.490 e. The van der Waals surface area contributed by atoms with Gasteiger partial charge in [-0.25, -0.2) is 4.79 Å². The number of carbonyl (C=O) groups is 3. The molecule has 0 aliphatic heterocycles. The quantitative estimate of drug-likeness (QED) is 0.571. The molecule has 0 aliphatic carbocycles. The van der Waals surface area contributed by atoms with Gasteiger partial charge in [-0.3, -0.25) is 9.59 Å². The van der Waals surface area contributed by atoms with Crippen LogP contribution in [-0.2, 0) is 9.53 Å². The van der Waals surface area contributed by atoms with E-state index in [1.54, 1.807) is 17.5 Å². The van der Waals surface area contributed by atoms with Crippen LogP contribution in [0.1, 0.15) is 41.5 Å². The first kappa shape index (κ1) is 22.2. The van der Waals surface area contributed by atoms with Crippen molar-refractivity contribution in [2.75, 3.05) is 25.1 Å². The van der Waals surface area contributed by atoms with Crippen molar-refractivity contribution >= 4 is 34.1 Å². The Bertz CT molecular complexity index is 878. The van der Waals surface area contributed by atoms with Crippen molar-refractivity contribution in [2.45, 2.75) is 20.8 Å². The Morgan fingerprint density at radius 2 is 1.90 bits per heavy atom. The van der Waals surface area contributed by atoms with Crippen molar-refractivity contribution in [1.82, 2.24) is 0 Å². The average molecular weight is 420 g/mol. The molecule has 0 spiro atoms. The molecular weight excluding hydrogens is 396 g/mol. The van der Waals surface area contributed by atoms with Crippen LogP contribution in [0.4, 0.5) is 5.00 Å². The minimum absolute atomic E-state index is 0.202. The predicted molar refractivity (Wildman–Crippen MR) is 110 cm³/mol. The van der Waals surface area contributed by atoms with Gasteiger partial charge in [-0.1, -0.05) is 13.8 Å². The van der Waals surface area contributed by atoms with Gasteiger partial charge in [-0.05, 0) is 42.5 Å². The highest BCUT2D eigenvalue weighted by Gasteiger charge is 2.16. The fourth-order valence-corrected chi connectivity index (χ4v) is 3.06. The molecule has 2 aromatic rings. The molecule has 0 atom stereocenters. The smallest absolute Gasteiger partial charge is 0.338 e. The maximum absolute atomic E-state index is 12.3. The molecule has 9 heteroatoms. The Morgan fingerprint density at radius 3 is 2.55 bits per heavy atom. The molecule has 156 valence electrons. The fraction of sp³-hybridized carbons (Fsp3) is 0.350. The Hall–Kier alpha value is -3.07. The number of thiophene rings is 1. The van der Waals surface area contributed by atoms with E-state index in [2.05, 4.69) is 5.32 Å². The average Bonchev–Trinajstić information content (AvgIpc) is 3.13. The maximum Gasteiger partial charge on any atom is 0.338 e. The SMILES string of the molecule is CCOc1cc(C(=O)OCC(=O)Nc2sccc2C(N)=O)ccc1OCC(C)C. The number of benzene rings is 1. The van der Waals surface area contributed by atoms with Crippen molar-refractivity contribution in [3.05, 3.63) is 40.8 Å². The molecule has 0 unspecified atom stereocenters. The molecular formula is C20H24N2O6S. The molecule has 0 fully saturated rings. The van der Waals surface area contributed by atoms with Gasteiger partial charge in [0.05, 0.1) is 24.3 Å². The van der Waals surface area contributed by atoms with E-state index in [0.717, 1.165) is 11.3 Å². The summed E-state index contributed by atoms with van der Waals surface area (Å²) in [4.78, 5) is 35.6. The lowest BCUT2D eigenvalue weighted by atomic mass is 10.2. The zero-order valence-electron chi connectivity index (χ0n) is 16.5. The minimum atomic E-state index is -0.683. The van der Waals surface area contributed by atoms with Crippen LogP contribution < -0.4 is 20.5 Å². The number of anilines is 1. The second-order valence-corrected chi connectivity index (χ2v) is 7.37. The van der Waals surface area contributed by atoms with Crippen molar-refractivity contribution in [1.29, 1.82) is 0 Å². The second-order valence-electron chi connectivity index (χ2n) is 6.45. The summed E-state index contributed by atoms with van der Waals surface area (Å²) in [6.07, 6.45) is 0. The predicted octanol–water partition coefficient (Wildman–Crippen LogP) is 3.08. The first-order valence-electron chi connectivity index (χ1n) is 9.05. The van der Waals surface area contributed by atoms with Gasteiger partial charge in [0.25, 0.3) is 11.8 Å². The van der Waals surface area contributed by atoms with Gasteiger partial charge in [0, 0.05) is 0 Å². The summed E-state index contributed by atoms with van der Waals surface area (Å²) >= 11 is 1.15. The zero-order chi connectivity index (χ0) is 21.4. The number of primary amides is 1. The molecule has 1 aromatic heterocycles. The summed E-state index contributed by atoms with van der Waals surface area (Å²) in [6, 6.07) is 6.20. The molecule has 1 heterocycles. The summed E-state index contributed by atoms with van der Waals surface area (Å²) in [5, 5.41) is 4.44. The molecule has 1 aromatic carbocycles. The Balaban J connectivity index is 1.98. The van der Waals surface area contributed by atoms with Gasteiger partial charge in [-0.2, -0.15) is 0 Å². The van der Waals surface area contributed by atoms with E-state index in [-0.39, 0.29) is 11.1 Å². The molecule has 0 radical (unpaired) electrons. The first-order valence-corrected chi connectivity index (χ1v) is 9.93. The molecule has 8 nitrogen and oxygen atoms in total. The van der Waals surface area contributed by atoms with E-state index >= 15 is 0 Å². The van der Waals surface area contributed by atoms with Gasteiger partial charge >= 0.3 is 5.97 Å². The summed E-state index contributed by atoms with van der Waals surface area (Å²) in [6.45, 7) is 6.29. The van der Waals surface area contributed by atoms with Crippen LogP contribution in [0.25, 0.3) is 0 Å². The molecule has 0 saturated heterocycles. The van der Waals surface area contributed by atoms with Gasteiger partial charge in [-0.15, -0.1) is 11.3 Å². The third kappa shape index (κ3) is 6.49. The van der Waals surface area contributed by atoms with Gasteiger partial charge in [0.1, 0.15) is 5.00 Å². The lowest BCUT2D eigenvalue weighted by Crippen LogP contribution is -2.22. The Morgan fingerprint density at radius 1 is 1.14 bits per heavy atom. The monoisotopic (exact) mass is 420 g/mol. The van der Waals surface area contributed by atoms with Crippen LogP contribution in [0.2, 0.25) is 0 Å². The summed E-state index contributed by atoms with van der Waals surface area (Å²) in [5.74, 6) is -0.612. The molecule has 29 heavy (non-hydrogen) atoms. The van der Waals surface area contributed by atoms with Crippen molar-refractivity contribution in [3.63, 3.8) is 0 Å². The number of amides is 2. The Kier molecular flexibility index (Phi) is 8.02. The maximum atomic E-state index is 12.3. The third-order valence-electron chi connectivity index (χ3n) is 3.57. The van der Waals surface area contributed by atoms with Crippen LogP contribution in [0.5, 0.6) is 11.5 Å². The number of ether oxygens (including phenoxy) is 3. The zero-order valence-corrected chi connectivity index (χ0v) is 17.3. The molecule has 0 bridgehead atoms. The van der Waals surface area contributed by atoms with Crippen LogP contribution in [-0.4, -0.2) is 37.6 Å². The van der Waals surface area contributed by atoms with Crippen LogP contribution >= 0.6 is 11.3 Å². The van der Waals surface area contributed by atoms with Gasteiger partial charge in [0.2, 0.25) is 0 Å².